The van der Waals surface area contributed by atoms with E-state index in [1.807, 2.05) is 12.1 Å². The Morgan fingerprint density at radius 1 is 1.22 bits per heavy atom. The molecule has 0 bridgehead atoms. The van der Waals surface area contributed by atoms with Gasteiger partial charge in [0.1, 0.15) is 5.69 Å². The van der Waals surface area contributed by atoms with Gasteiger partial charge in [-0.3, -0.25) is 4.79 Å². The normalized spacial score (nSPS) is 14.7. The summed E-state index contributed by atoms with van der Waals surface area (Å²) in [5.41, 5.74) is 1.31. The van der Waals surface area contributed by atoms with Crippen LogP contribution in [-0.4, -0.2) is 47.0 Å². The summed E-state index contributed by atoms with van der Waals surface area (Å²) < 4.78 is 0. The summed E-state index contributed by atoms with van der Waals surface area (Å²) in [6.45, 7) is 6.42. The van der Waals surface area contributed by atoms with Crippen LogP contribution in [0, 0.1) is 5.92 Å². The van der Waals surface area contributed by atoms with Crippen molar-refractivity contribution in [2.24, 2.45) is 5.92 Å². The van der Waals surface area contributed by atoms with Gasteiger partial charge in [-0.2, -0.15) is 4.98 Å². The number of benzene rings is 1. The van der Waals surface area contributed by atoms with Gasteiger partial charge < -0.3 is 14.8 Å². The van der Waals surface area contributed by atoms with Crippen LogP contribution in [0.3, 0.4) is 0 Å². The molecule has 1 aromatic carbocycles. The van der Waals surface area contributed by atoms with Crippen molar-refractivity contribution < 1.29 is 4.79 Å². The first kappa shape index (κ1) is 19.7. The maximum Gasteiger partial charge on any atom is 0.345 e. The largest absolute Gasteiger partial charge is 0.367 e. The molecule has 3 rings (SSSR count). The van der Waals surface area contributed by atoms with E-state index in [9.17, 15) is 9.59 Å². The number of nitrogens with one attached hydrogen (secondary N) is 1. The monoisotopic (exact) mass is 408 g/mol. The Morgan fingerprint density at radius 2 is 1.93 bits per heavy atom. The zero-order chi connectivity index (χ0) is 19.6. The zero-order valence-electron chi connectivity index (χ0n) is 15.3. The maximum atomic E-state index is 12.8. The number of amides is 1. The molecule has 1 N–H and O–H groups in total. The lowest BCUT2D eigenvalue weighted by atomic mass is 10.1. The topological polar surface area (TPSA) is 69.3 Å². The number of piperazine rings is 1. The number of H-pyrrole nitrogens is 1. The van der Waals surface area contributed by atoms with Gasteiger partial charge in [-0.1, -0.05) is 43.1 Å². The number of anilines is 1. The van der Waals surface area contributed by atoms with Gasteiger partial charge in [0.2, 0.25) is 0 Å². The quantitative estimate of drug-likeness (QED) is 0.842. The van der Waals surface area contributed by atoms with E-state index in [4.69, 9.17) is 23.2 Å². The summed E-state index contributed by atoms with van der Waals surface area (Å²) in [4.78, 5) is 35.0. The van der Waals surface area contributed by atoms with Crippen LogP contribution in [0.5, 0.6) is 0 Å². The highest BCUT2D eigenvalue weighted by atomic mass is 35.5. The molecule has 0 atom stereocenters. The van der Waals surface area contributed by atoms with Crippen LogP contribution >= 0.6 is 23.2 Å². The van der Waals surface area contributed by atoms with E-state index in [0.29, 0.717) is 48.6 Å². The van der Waals surface area contributed by atoms with Gasteiger partial charge in [0, 0.05) is 31.9 Å². The summed E-state index contributed by atoms with van der Waals surface area (Å²) in [5, 5.41) is 1.03. The molecular weight excluding hydrogens is 387 g/mol. The summed E-state index contributed by atoms with van der Waals surface area (Å²) in [6.07, 6.45) is 0.694. The van der Waals surface area contributed by atoms with E-state index < -0.39 is 5.69 Å². The van der Waals surface area contributed by atoms with Gasteiger partial charge in [0.05, 0.1) is 15.7 Å². The highest BCUT2D eigenvalue weighted by Crippen LogP contribution is 2.32. The van der Waals surface area contributed by atoms with Crippen molar-refractivity contribution >= 4 is 34.8 Å². The first-order valence-electron chi connectivity index (χ1n) is 8.93. The van der Waals surface area contributed by atoms with Gasteiger partial charge in [-0.05, 0) is 30.5 Å². The number of hydrogen-bond acceptors (Lipinski definition) is 4. The minimum absolute atomic E-state index is 0.198. The summed E-state index contributed by atoms with van der Waals surface area (Å²) in [6, 6.07) is 7.21. The third kappa shape index (κ3) is 4.62. The van der Waals surface area contributed by atoms with E-state index in [0.717, 1.165) is 11.4 Å². The maximum absolute atomic E-state index is 12.8. The molecule has 1 saturated heterocycles. The molecule has 1 aliphatic heterocycles. The lowest BCUT2D eigenvalue weighted by Crippen LogP contribution is -2.49. The van der Waals surface area contributed by atoms with Gasteiger partial charge in [0.15, 0.2) is 0 Å². The number of rotatable bonds is 4. The fraction of sp³-hybridized carbons (Fsp3) is 0.421. The minimum atomic E-state index is -0.485. The van der Waals surface area contributed by atoms with Gasteiger partial charge in [-0.15, -0.1) is 0 Å². The first-order valence-corrected chi connectivity index (χ1v) is 9.69. The average molecular weight is 409 g/mol. The van der Waals surface area contributed by atoms with Gasteiger partial charge in [-0.25, -0.2) is 4.79 Å². The Morgan fingerprint density at radius 3 is 2.59 bits per heavy atom. The van der Waals surface area contributed by atoms with E-state index in [2.05, 4.69) is 28.7 Å². The highest BCUT2D eigenvalue weighted by Gasteiger charge is 2.25. The fourth-order valence-corrected chi connectivity index (χ4v) is 3.63. The van der Waals surface area contributed by atoms with Crippen LogP contribution in [0.4, 0.5) is 5.69 Å². The Balaban J connectivity index is 1.71. The molecule has 0 aliphatic carbocycles. The third-order valence-electron chi connectivity index (χ3n) is 4.49. The third-order valence-corrected chi connectivity index (χ3v) is 5.30. The van der Waals surface area contributed by atoms with Crippen LogP contribution in [-0.2, 0) is 6.42 Å². The zero-order valence-corrected chi connectivity index (χ0v) is 16.8. The second-order valence-electron chi connectivity index (χ2n) is 7.05. The van der Waals surface area contributed by atoms with Crippen LogP contribution in [0.1, 0.15) is 30.0 Å². The highest BCUT2D eigenvalue weighted by molar-refractivity contribution is 6.43. The number of aromatic nitrogens is 2. The predicted octanol–water partition coefficient (Wildman–Crippen LogP) is 3.24. The number of nitrogens with zero attached hydrogens (tertiary/aromatic N) is 3. The molecule has 2 aromatic rings. The van der Waals surface area contributed by atoms with E-state index >= 15 is 0 Å². The van der Waals surface area contributed by atoms with Crippen molar-refractivity contribution in [1.82, 2.24) is 14.9 Å². The van der Waals surface area contributed by atoms with Crippen LogP contribution < -0.4 is 10.6 Å². The first-order chi connectivity index (χ1) is 12.8. The van der Waals surface area contributed by atoms with E-state index in [1.54, 1.807) is 17.0 Å². The number of aromatic amines is 1. The van der Waals surface area contributed by atoms with E-state index in [-0.39, 0.29) is 11.6 Å². The standard InChI is InChI=1S/C19H22Cl2N4O2/c1-12(2)10-13-11-15(23-19(27)22-13)18(26)25-8-6-24(7-9-25)16-5-3-4-14(20)17(16)21/h3-5,11-12H,6-10H2,1-2H3,(H,22,23,27). The molecule has 0 saturated carbocycles. The second-order valence-corrected chi connectivity index (χ2v) is 7.83. The molecular formula is C19H22Cl2N4O2. The van der Waals surface area contributed by atoms with Gasteiger partial charge >= 0.3 is 5.69 Å². The molecule has 144 valence electrons. The molecule has 1 amide bonds. The summed E-state index contributed by atoms with van der Waals surface area (Å²) in [7, 11) is 0. The molecule has 2 heterocycles. The lowest BCUT2D eigenvalue weighted by Gasteiger charge is -2.36. The van der Waals surface area contributed by atoms with Crippen molar-refractivity contribution in [1.29, 1.82) is 0 Å². The lowest BCUT2D eigenvalue weighted by molar-refractivity contribution is 0.0740. The smallest absolute Gasteiger partial charge is 0.345 e. The molecule has 1 aliphatic rings. The Kier molecular flexibility index (Phi) is 6.07. The Bertz CT molecular complexity index is 890. The Hall–Kier alpha value is -2.05. The molecule has 1 fully saturated rings. The van der Waals surface area contributed by atoms with Crippen LogP contribution in [0.25, 0.3) is 0 Å². The number of carbonyl (C=O) groups is 1. The molecule has 6 nitrogen and oxygen atoms in total. The molecule has 0 spiro atoms. The van der Waals surface area contributed by atoms with Gasteiger partial charge in [0.25, 0.3) is 5.91 Å². The van der Waals surface area contributed by atoms with Crippen molar-refractivity contribution in [2.45, 2.75) is 20.3 Å². The SMILES string of the molecule is CC(C)Cc1cc(C(=O)N2CCN(c3cccc(Cl)c3Cl)CC2)nc(=O)[nH]1. The fourth-order valence-electron chi connectivity index (χ4n) is 3.22. The molecule has 27 heavy (non-hydrogen) atoms. The van der Waals surface area contributed by atoms with Crippen LogP contribution in [0.15, 0.2) is 29.1 Å². The van der Waals surface area contributed by atoms with E-state index in [1.165, 1.54) is 0 Å². The van der Waals surface area contributed by atoms with Crippen molar-refractivity contribution in [3.05, 3.63) is 56.2 Å². The Labute approximate surface area is 168 Å². The summed E-state index contributed by atoms with van der Waals surface area (Å²) >= 11 is 12.4. The number of halogens is 2. The van der Waals surface area contributed by atoms with Crippen molar-refractivity contribution in [3.8, 4) is 0 Å². The van der Waals surface area contributed by atoms with Crippen molar-refractivity contribution in [2.75, 3.05) is 31.1 Å². The average Bonchev–Trinajstić information content (AvgIpc) is 2.62. The molecule has 8 heteroatoms. The molecule has 0 radical (unpaired) electrons. The summed E-state index contributed by atoms with van der Waals surface area (Å²) in [5.74, 6) is 0.153. The van der Waals surface area contributed by atoms with Crippen molar-refractivity contribution in [3.63, 3.8) is 0 Å². The predicted molar refractivity (Wildman–Crippen MR) is 108 cm³/mol. The number of hydrogen-bond donors (Lipinski definition) is 1. The minimum Gasteiger partial charge on any atom is -0.367 e. The van der Waals surface area contributed by atoms with Crippen LogP contribution in [0.2, 0.25) is 10.0 Å². The second kappa shape index (κ2) is 8.31. The molecule has 1 aromatic heterocycles. The molecule has 0 unspecified atom stereocenters. The number of carbonyl (C=O) groups excluding carboxylic acids is 1.